The van der Waals surface area contributed by atoms with Crippen molar-refractivity contribution in [2.24, 2.45) is 0 Å². The fraction of sp³-hybridized carbons (Fsp3) is 0.400. The quantitative estimate of drug-likeness (QED) is 0.699. The second-order valence-electron chi connectivity index (χ2n) is 6.36. The first kappa shape index (κ1) is 18.7. The molecule has 0 bridgehead atoms. The number of hydrogen-bond acceptors (Lipinski definition) is 4. The molecule has 0 radical (unpaired) electrons. The molecule has 6 heteroatoms. The Balaban J connectivity index is 1.39. The Morgan fingerprint density at radius 1 is 1.23 bits per heavy atom. The van der Waals surface area contributed by atoms with E-state index in [4.69, 9.17) is 4.74 Å². The molecule has 0 spiro atoms. The van der Waals surface area contributed by atoms with Gasteiger partial charge in [-0.25, -0.2) is 9.37 Å². The van der Waals surface area contributed by atoms with E-state index in [2.05, 4.69) is 10.3 Å². The predicted molar refractivity (Wildman–Crippen MR) is 101 cm³/mol. The molecule has 1 aliphatic rings. The second kappa shape index (κ2) is 9.57. The zero-order valence-corrected chi connectivity index (χ0v) is 15.4. The lowest BCUT2D eigenvalue weighted by molar-refractivity contribution is -0.120. The number of thioether (sulfide) groups is 1. The van der Waals surface area contributed by atoms with Crippen molar-refractivity contribution in [2.45, 2.75) is 49.6 Å². The van der Waals surface area contributed by atoms with E-state index in [9.17, 15) is 9.18 Å². The highest BCUT2D eigenvalue weighted by Crippen LogP contribution is 2.23. The van der Waals surface area contributed by atoms with Gasteiger partial charge in [-0.1, -0.05) is 0 Å². The minimum Gasteiger partial charge on any atom is -0.474 e. The van der Waals surface area contributed by atoms with Crippen LogP contribution >= 0.6 is 11.8 Å². The summed E-state index contributed by atoms with van der Waals surface area (Å²) >= 11 is 1.54. The van der Waals surface area contributed by atoms with Crippen LogP contribution in [0.25, 0.3) is 0 Å². The molecule has 1 fully saturated rings. The Kier molecular flexibility index (Phi) is 6.89. The number of nitrogens with one attached hydrogen (secondary N) is 1. The van der Waals surface area contributed by atoms with Gasteiger partial charge in [0.15, 0.2) is 0 Å². The molecule has 26 heavy (non-hydrogen) atoms. The third kappa shape index (κ3) is 6.02. The lowest BCUT2D eigenvalue weighted by atomic mass is 10.2. The Morgan fingerprint density at radius 2 is 2.00 bits per heavy atom. The van der Waals surface area contributed by atoms with Crippen LogP contribution in [0.5, 0.6) is 5.88 Å². The Hall–Kier alpha value is -2.08. The molecule has 1 aliphatic carbocycles. The van der Waals surface area contributed by atoms with Gasteiger partial charge in [-0.2, -0.15) is 0 Å². The highest BCUT2D eigenvalue weighted by molar-refractivity contribution is 7.99. The average Bonchev–Trinajstić information content (AvgIpc) is 3.15. The largest absolute Gasteiger partial charge is 0.474 e. The van der Waals surface area contributed by atoms with E-state index in [1.54, 1.807) is 30.1 Å². The van der Waals surface area contributed by atoms with Crippen LogP contribution in [0.15, 0.2) is 47.5 Å². The predicted octanol–water partition coefficient (Wildman–Crippen LogP) is 4.34. The topological polar surface area (TPSA) is 51.2 Å². The first-order valence-electron chi connectivity index (χ1n) is 8.96. The van der Waals surface area contributed by atoms with E-state index in [1.807, 2.05) is 12.1 Å². The van der Waals surface area contributed by atoms with Crippen molar-refractivity contribution in [2.75, 3.05) is 5.75 Å². The maximum atomic E-state index is 12.9. The third-order valence-electron chi connectivity index (χ3n) is 4.29. The minimum absolute atomic E-state index is 0.00492. The third-order valence-corrected chi connectivity index (χ3v) is 5.30. The van der Waals surface area contributed by atoms with Crippen molar-refractivity contribution in [1.82, 2.24) is 10.3 Å². The van der Waals surface area contributed by atoms with Gasteiger partial charge in [0, 0.05) is 35.9 Å². The Morgan fingerprint density at radius 3 is 2.77 bits per heavy atom. The molecular formula is C20H23FN2O2S. The number of rotatable bonds is 8. The molecule has 0 aliphatic heterocycles. The summed E-state index contributed by atoms with van der Waals surface area (Å²) in [4.78, 5) is 17.2. The summed E-state index contributed by atoms with van der Waals surface area (Å²) in [6.45, 7) is 0.462. The Bertz CT molecular complexity index is 718. The van der Waals surface area contributed by atoms with Crippen LogP contribution < -0.4 is 10.1 Å². The number of carbonyl (C=O) groups excluding carboxylic acids is 1. The fourth-order valence-corrected chi connectivity index (χ4v) is 3.73. The molecule has 3 rings (SSSR count). The summed E-state index contributed by atoms with van der Waals surface area (Å²) in [6.07, 6.45) is 7.03. The van der Waals surface area contributed by atoms with Crippen molar-refractivity contribution in [3.05, 3.63) is 54.0 Å². The van der Waals surface area contributed by atoms with Crippen molar-refractivity contribution in [3.63, 3.8) is 0 Å². The minimum atomic E-state index is -0.249. The van der Waals surface area contributed by atoms with Gasteiger partial charge in [0.25, 0.3) is 0 Å². The second-order valence-corrected chi connectivity index (χ2v) is 7.52. The SMILES string of the molecule is O=C(CCSc1ccc(F)cc1)NCc1ccnc(OC2CCCC2)c1. The summed E-state index contributed by atoms with van der Waals surface area (Å²) in [7, 11) is 0. The molecule has 0 atom stereocenters. The van der Waals surface area contributed by atoms with E-state index in [-0.39, 0.29) is 17.8 Å². The molecule has 4 nitrogen and oxygen atoms in total. The fourth-order valence-electron chi connectivity index (χ4n) is 2.88. The Labute approximate surface area is 157 Å². The number of benzene rings is 1. The molecular weight excluding hydrogens is 351 g/mol. The van der Waals surface area contributed by atoms with Crippen molar-refractivity contribution < 1.29 is 13.9 Å². The van der Waals surface area contributed by atoms with Crippen molar-refractivity contribution in [1.29, 1.82) is 0 Å². The number of nitrogens with zero attached hydrogens (tertiary/aromatic N) is 1. The van der Waals surface area contributed by atoms with Gasteiger partial charge in [0.1, 0.15) is 11.9 Å². The van der Waals surface area contributed by atoms with Gasteiger partial charge < -0.3 is 10.1 Å². The number of carbonyl (C=O) groups is 1. The van der Waals surface area contributed by atoms with Gasteiger partial charge in [-0.15, -0.1) is 11.8 Å². The van der Waals surface area contributed by atoms with Gasteiger partial charge in [0.05, 0.1) is 0 Å². The average molecular weight is 374 g/mol. The first-order valence-corrected chi connectivity index (χ1v) is 9.94. The van der Waals surface area contributed by atoms with Gasteiger partial charge >= 0.3 is 0 Å². The zero-order valence-electron chi connectivity index (χ0n) is 14.6. The smallest absolute Gasteiger partial charge is 0.221 e. The highest BCUT2D eigenvalue weighted by atomic mass is 32.2. The molecule has 1 N–H and O–H groups in total. The molecule has 1 heterocycles. The molecule has 1 aromatic carbocycles. The van der Waals surface area contributed by atoms with Crippen LogP contribution in [0, 0.1) is 5.82 Å². The summed E-state index contributed by atoms with van der Waals surface area (Å²) in [6, 6.07) is 10.1. The van der Waals surface area contributed by atoms with Crippen molar-refractivity contribution in [3.8, 4) is 5.88 Å². The lowest BCUT2D eigenvalue weighted by Crippen LogP contribution is -2.23. The summed E-state index contributed by atoms with van der Waals surface area (Å²) in [5.41, 5.74) is 0.979. The monoisotopic (exact) mass is 374 g/mol. The van der Waals surface area contributed by atoms with E-state index in [0.29, 0.717) is 24.6 Å². The molecule has 1 saturated carbocycles. The number of amides is 1. The maximum Gasteiger partial charge on any atom is 0.221 e. The summed E-state index contributed by atoms with van der Waals surface area (Å²) in [5, 5.41) is 2.92. The van der Waals surface area contributed by atoms with Crippen LogP contribution in [0.1, 0.15) is 37.7 Å². The maximum absolute atomic E-state index is 12.9. The number of ether oxygens (including phenoxy) is 1. The zero-order chi connectivity index (χ0) is 18.2. The highest BCUT2D eigenvalue weighted by Gasteiger charge is 2.17. The van der Waals surface area contributed by atoms with Crippen molar-refractivity contribution >= 4 is 17.7 Å². The normalized spacial score (nSPS) is 14.3. The van der Waals surface area contributed by atoms with E-state index < -0.39 is 0 Å². The van der Waals surface area contributed by atoms with Crippen LogP contribution in [0.3, 0.4) is 0 Å². The van der Waals surface area contributed by atoms with Crippen LogP contribution in [0.4, 0.5) is 4.39 Å². The number of halogens is 1. The summed E-state index contributed by atoms with van der Waals surface area (Å²) in [5.74, 6) is 1.04. The van der Waals surface area contributed by atoms with E-state index in [0.717, 1.165) is 23.3 Å². The lowest BCUT2D eigenvalue weighted by Gasteiger charge is -2.13. The van der Waals surface area contributed by atoms with Gasteiger partial charge in [-0.05, 0) is 61.6 Å². The molecule has 2 aromatic rings. The number of hydrogen-bond donors (Lipinski definition) is 1. The standard InChI is InChI=1S/C20H23FN2O2S/c21-16-5-7-18(8-6-16)26-12-10-19(24)23-14-15-9-11-22-20(13-15)25-17-3-1-2-4-17/h5-9,11,13,17H,1-4,10,12,14H2,(H,23,24). The molecule has 0 saturated heterocycles. The van der Waals surface area contributed by atoms with Gasteiger partial charge in [-0.3, -0.25) is 4.79 Å². The molecule has 1 amide bonds. The van der Waals surface area contributed by atoms with E-state index in [1.165, 1.54) is 25.0 Å². The number of pyridine rings is 1. The number of aromatic nitrogens is 1. The van der Waals surface area contributed by atoms with Crippen LogP contribution in [0.2, 0.25) is 0 Å². The summed E-state index contributed by atoms with van der Waals surface area (Å²) < 4.78 is 18.7. The van der Waals surface area contributed by atoms with Crippen LogP contribution in [-0.2, 0) is 11.3 Å². The first-order chi connectivity index (χ1) is 12.7. The van der Waals surface area contributed by atoms with E-state index >= 15 is 0 Å². The molecule has 138 valence electrons. The molecule has 1 aromatic heterocycles. The molecule has 0 unspecified atom stereocenters. The van der Waals surface area contributed by atoms with Crippen LogP contribution in [-0.4, -0.2) is 22.7 Å². The van der Waals surface area contributed by atoms with Gasteiger partial charge in [0.2, 0.25) is 11.8 Å².